The molecule has 1 amide bonds. The van der Waals surface area contributed by atoms with Gasteiger partial charge in [0.2, 0.25) is 5.91 Å². The van der Waals surface area contributed by atoms with Crippen LogP contribution in [0.1, 0.15) is 31.1 Å². The molecule has 1 saturated heterocycles. The predicted octanol–water partition coefficient (Wildman–Crippen LogP) is 3.74. The molecular weight excluding hydrogens is 340 g/mol. The van der Waals surface area contributed by atoms with Crippen LogP contribution in [0.25, 0.3) is 11.0 Å². The minimum absolute atomic E-state index is 0.00486. The SMILES string of the molecule is COc1ccccc1NC(=O)CCN1CCCC1c1nc2ccccc2[nH]1. The van der Waals surface area contributed by atoms with Crippen molar-refractivity contribution in [1.82, 2.24) is 14.9 Å². The second-order valence-corrected chi connectivity index (χ2v) is 6.83. The highest BCUT2D eigenvalue weighted by molar-refractivity contribution is 5.92. The maximum atomic E-state index is 12.4. The summed E-state index contributed by atoms with van der Waals surface area (Å²) in [5.74, 6) is 1.67. The average molecular weight is 364 g/mol. The highest BCUT2D eigenvalue weighted by Gasteiger charge is 2.28. The number of aromatic nitrogens is 2. The molecule has 0 saturated carbocycles. The molecule has 140 valence electrons. The van der Waals surface area contributed by atoms with Crippen molar-refractivity contribution in [3.05, 3.63) is 54.4 Å². The fraction of sp³-hybridized carbons (Fsp3) is 0.333. The lowest BCUT2D eigenvalue weighted by Gasteiger charge is -2.22. The van der Waals surface area contributed by atoms with Crippen molar-refractivity contribution in [1.29, 1.82) is 0 Å². The van der Waals surface area contributed by atoms with E-state index in [4.69, 9.17) is 9.72 Å². The summed E-state index contributed by atoms with van der Waals surface area (Å²) in [7, 11) is 1.60. The number of amides is 1. The quantitative estimate of drug-likeness (QED) is 0.699. The second kappa shape index (κ2) is 7.80. The number of H-pyrrole nitrogens is 1. The first kappa shape index (κ1) is 17.5. The highest BCUT2D eigenvalue weighted by atomic mass is 16.5. The van der Waals surface area contributed by atoms with Crippen molar-refractivity contribution >= 4 is 22.6 Å². The number of ether oxygens (including phenoxy) is 1. The summed E-state index contributed by atoms with van der Waals surface area (Å²) in [5, 5.41) is 2.95. The van der Waals surface area contributed by atoms with E-state index in [-0.39, 0.29) is 11.9 Å². The Balaban J connectivity index is 1.39. The monoisotopic (exact) mass is 364 g/mol. The average Bonchev–Trinajstić information content (AvgIpc) is 3.33. The summed E-state index contributed by atoms with van der Waals surface area (Å²) in [5.41, 5.74) is 2.77. The first-order valence-corrected chi connectivity index (χ1v) is 9.36. The van der Waals surface area contributed by atoms with Crippen LogP contribution in [-0.2, 0) is 4.79 Å². The Kier molecular flexibility index (Phi) is 5.07. The van der Waals surface area contributed by atoms with Gasteiger partial charge < -0.3 is 15.0 Å². The second-order valence-electron chi connectivity index (χ2n) is 6.83. The highest BCUT2D eigenvalue weighted by Crippen LogP contribution is 2.31. The van der Waals surface area contributed by atoms with E-state index in [2.05, 4.69) is 15.2 Å². The molecule has 0 bridgehead atoms. The standard InChI is InChI=1S/C21H24N4O2/c1-27-19-11-5-4-9-17(19)22-20(26)12-14-25-13-6-10-18(25)21-23-15-7-2-3-8-16(15)24-21/h2-5,7-9,11,18H,6,10,12-14H2,1H3,(H,22,26)(H,23,24). The van der Waals surface area contributed by atoms with Crippen LogP contribution in [0.15, 0.2) is 48.5 Å². The number of benzene rings is 2. The number of para-hydroxylation sites is 4. The first-order valence-electron chi connectivity index (χ1n) is 9.36. The Morgan fingerprint density at radius 3 is 2.93 bits per heavy atom. The fourth-order valence-electron chi connectivity index (χ4n) is 3.74. The van der Waals surface area contributed by atoms with E-state index < -0.39 is 0 Å². The zero-order valence-corrected chi connectivity index (χ0v) is 15.4. The molecular formula is C21H24N4O2. The van der Waals surface area contributed by atoms with Gasteiger partial charge in [-0.2, -0.15) is 0 Å². The number of nitrogens with zero attached hydrogens (tertiary/aromatic N) is 2. The van der Waals surface area contributed by atoms with Gasteiger partial charge in [0.05, 0.1) is 29.9 Å². The van der Waals surface area contributed by atoms with Gasteiger partial charge in [-0.05, 0) is 43.7 Å². The molecule has 1 aliphatic heterocycles. The summed E-state index contributed by atoms with van der Waals surface area (Å²) in [6.07, 6.45) is 2.62. The van der Waals surface area contributed by atoms with Crippen molar-refractivity contribution in [3.63, 3.8) is 0 Å². The van der Waals surface area contributed by atoms with E-state index in [1.807, 2.05) is 48.5 Å². The van der Waals surface area contributed by atoms with E-state index in [0.29, 0.717) is 24.4 Å². The number of rotatable bonds is 6. The molecule has 2 N–H and O–H groups in total. The number of aromatic amines is 1. The third-order valence-electron chi connectivity index (χ3n) is 5.09. The lowest BCUT2D eigenvalue weighted by atomic mass is 10.2. The smallest absolute Gasteiger partial charge is 0.225 e. The maximum absolute atomic E-state index is 12.4. The Bertz CT molecular complexity index is 904. The number of methoxy groups -OCH3 is 1. The van der Waals surface area contributed by atoms with E-state index >= 15 is 0 Å². The van der Waals surface area contributed by atoms with E-state index in [9.17, 15) is 4.79 Å². The van der Waals surface area contributed by atoms with Crippen LogP contribution in [0.5, 0.6) is 5.75 Å². The largest absolute Gasteiger partial charge is 0.495 e. The van der Waals surface area contributed by atoms with Gasteiger partial charge in [0.15, 0.2) is 0 Å². The molecule has 0 aliphatic carbocycles. The molecule has 6 heteroatoms. The zero-order chi connectivity index (χ0) is 18.6. The van der Waals surface area contributed by atoms with Crippen LogP contribution in [0.2, 0.25) is 0 Å². The van der Waals surface area contributed by atoms with Crippen molar-refractivity contribution < 1.29 is 9.53 Å². The van der Waals surface area contributed by atoms with Crippen LogP contribution in [0.4, 0.5) is 5.69 Å². The van der Waals surface area contributed by atoms with Crippen molar-refractivity contribution in [2.45, 2.75) is 25.3 Å². The molecule has 1 aliphatic rings. The van der Waals surface area contributed by atoms with Gasteiger partial charge in [0.25, 0.3) is 0 Å². The molecule has 4 rings (SSSR count). The molecule has 0 radical (unpaired) electrons. The normalized spacial score (nSPS) is 17.3. The molecule has 6 nitrogen and oxygen atoms in total. The van der Waals surface area contributed by atoms with Crippen LogP contribution in [0.3, 0.4) is 0 Å². The van der Waals surface area contributed by atoms with E-state index in [1.54, 1.807) is 7.11 Å². The number of carbonyl (C=O) groups is 1. The molecule has 27 heavy (non-hydrogen) atoms. The van der Waals surface area contributed by atoms with Gasteiger partial charge in [0.1, 0.15) is 11.6 Å². The summed E-state index contributed by atoms with van der Waals surface area (Å²) in [6, 6.07) is 15.8. The van der Waals surface area contributed by atoms with Crippen LogP contribution < -0.4 is 10.1 Å². The molecule has 1 atom stereocenters. The predicted molar refractivity (Wildman–Crippen MR) is 106 cm³/mol. The van der Waals surface area contributed by atoms with Crippen LogP contribution >= 0.6 is 0 Å². The summed E-state index contributed by atoms with van der Waals surface area (Å²) in [6.45, 7) is 1.70. The molecule has 3 aromatic rings. The first-order chi connectivity index (χ1) is 13.2. The van der Waals surface area contributed by atoms with Gasteiger partial charge >= 0.3 is 0 Å². The molecule has 1 aromatic heterocycles. The Morgan fingerprint density at radius 1 is 1.26 bits per heavy atom. The molecule has 0 spiro atoms. The molecule has 1 fully saturated rings. The van der Waals surface area contributed by atoms with E-state index in [0.717, 1.165) is 36.2 Å². The Hall–Kier alpha value is -2.86. The van der Waals surface area contributed by atoms with E-state index in [1.165, 1.54) is 0 Å². The zero-order valence-electron chi connectivity index (χ0n) is 15.4. The number of fused-ring (bicyclic) bond motifs is 1. The summed E-state index contributed by atoms with van der Waals surface area (Å²) in [4.78, 5) is 22.9. The van der Waals surface area contributed by atoms with Gasteiger partial charge in [-0.1, -0.05) is 24.3 Å². The lowest BCUT2D eigenvalue weighted by Crippen LogP contribution is -2.28. The minimum atomic E-state index is -0.00486. The molecule has 2 heterocycles. The Morgan fingerprint density at radius 2 is 2.07 bits per heavy atom. The van der Waals surface area contributed by atoms with Gasteiger partial charge in [0, 0.05) is 13.0 Å². The molecule has 2 aromatic carbocycles. The fourth-order valence-corrected chi connectivity index (χ4v) is 3.74. The van der Waals surface area contributed by atoms with Crippen LogP contribution in [0, 0.1) is 0 Å². The summed E-state index contributed by atoms with van der Waals surface area (Å²) >= 11 is 0. The lowest BCUT2D eigenvalue weighted by molar-refractivity contribution is -0.116. The van der Waals surface area contributed by atoms with Crippen LogP contribution in [-0.4, -0.2) is 41.0 Å². The van der Waals surface area contributed by atoms with Crippen molar-refractivity contribution in [2.24, 2.45) is 0 Å². The third kappa shape index (κ3) is 3.80. The van der Waals surface area contributed by atoms with Gasteiger partial charge in [-0.3, -0.25) is 9.69 Å². The number of hydrogen-bond acceptors (Lipinski definition) is 4. The van der Waals surface area contributed by atoms with Gasteiger partial charge in [-0.25, -0.2) is 4.98 Å². The maximum Gasteiger partial charge on any atom is 0.225 e. The van der Waals surface area contributed by atoms with Gasteiger partial charge in [-0.15, -0.1) is 0 Å². The number of nitrogens with one attached hydrogen (secondary N) is 2. The Labute approximate surface area is 158 Å². The number of hydrogen-bond donors (Lipinski definition) is 2. The van der Waals surface area contributed by atoms with Crippen molar-refractivity contribution in [2.75, 3.05) is 25.5 Å². The number of likely N-dealkylation sites (tertiary alicyclic amines) is 1. The number of carbonyl (C=O) groups excluding carboxylic acids is 1. The minimum Gasteiger partial charge on any atom is -0.495 e. The number of imidazole rings is 1. The molecule has 1 unspecified atom stereocenters. The topological polar surface area (TPSA) is 70.2 Å². The third-order valence-corrected chi connectivity index (χ3v) is 5.09. The summed E-state index contributed by atoms with van der Waals surface area (Å²) < 4.78 is 5.29. The number of anilines is 1. The van der Waals surface area contributed by atoms with Crippen molar-refractivity contribution in [3.8, 4) is 5.75 Å².